The van der Waals surface area contributed by atoms with Gasteiger partial charge in [0.05, 0.1) is 0 Å². The highest BCUT2D eigenvalue weighted by Crippen LogP contribution is 2.23. The van der Waals surface area contributed by atoms with E-state index in [9.17, 15) is 23.6 Å². The zero-order valence-electron chi connectivity index (χ0n) is 23.1. The van der Waals surface area contributed by atoms with Gasteiger partial charge in [-0.15, -0.1) is 0 Å². The van der Waals surface area contributed by atoms with Crippen LogP contribution in [0.4, 0.5) is 4.39 Å². The Morgan fingerprint density at radius 1 is 1.07 bits per heavy atom. The lowest BCUT2D eigenvalue weighted by Crippen LogP contribution is -2.65. The number of fused-ring (bicyclic) bond motifs is 1. The first-order valence-corrected chi connectivity index (χ1v) is 13.6. The predicted octanol–water partition coefficient (Wildman–Crippen LogP) is 2.55. The third kappa shape index (κ3) is 6.50. The van der Waals surface area contributed by atoms with Crippen LogP contribution in [0.3, 0.4) is 0 Å². The molecule has 3 unspecified atom stereocenters. The molecule has 2 heterocycles. The van der Waals surface area contributed by atoms with Gasteiger partial charge in [-0.3, -0.25) is 19.2 Å². The summed E-state index contributed by atoms with van der Waals surface area (Å²) >= 11 is 0. The molecule has 0 aliphatic carbocycles. The van der Waals surface area contributed by atoms with Crippen molar-refractivity contribution >= 4 is 34.5 Å². The Bertz CT molecular complexity index is 1340. The van der Waals surface area contributed by atoms with E-state index in [4.69, 9.17) is 0 Å². The van der Waals surface area contributed by atoms with Crippen molar-refractivity contribution in [2.45, 2.75) is 57.7 Å². The van der Waals surface area contributed by atoms with E-state index in [1.165, 1.54) is 24.0 Å². The second kappa shape index (κ2) is 12.8. The lowest BCUT2D eigenvalue weighted by Gasteiger charge is -2.44. The number of para-hydroxylation sites is 1. The summed E-state index contributed by atoms with van der Waals surface area (Å²) in [5.74, 6) is -1.73. The molecule has 2 aromatic carbocycles. The summed E-state index contributed by atoms with van der Waals surface area (Å²) in [6.07, 6.45) is 1.51. The van der Waals surface area contributed by atoms with Gasteiger partial charge in [-0.25, -0.2) is 4.39 Å². The molecule has 3 atom stereocenters. The number of piperazine rings is 1. The number of aromatic amines is 1. The number of likely N-dealkylation sites (N-methyl/N-ethyl adjacent to an activating group) is 1. The van der Waals surface area contributed by atoms with Crippen LogP contribution < -0.4 is 10.6 Å². The second-order valence-electron chi connectivity index (χ2n) is 10.2. The molecule has 212 valence electrons. The van der Waals surface area contributed by atoms with Crippen LogP contribution in [0.2, 0.25) is 0 Å². The highest BCUT2D eigenvalue weighted by atomic mass is 19.1. The number of rotatable bonds is 10. The summed E-state index contributed by atoms with van der Waals surface area (Å²) in [5.41, 5.74) is 2.46. The zero-order valence-corrected chi connectivity index (χ0v) is 23.1. The van der Waals surface area contributed by atoms with Crippen LogP contribution in [0, 0.1) is 5.82 Å². The lowest BCUT2D eigenvalue weighted by atomic mass is 9.98. The van der Waals surface area contributed by atoms with Gasteiger partial charge in [-0.2, -0.15) is 0 Å². The molecule has 40 heavy (non-hydrogen) atoms. The number of hydrogen-bond acceptors (Lipinski definition) is 4. The number of amides is 4. The molecule has 4 amide bonds. The molecule has 10 heteroatoms. The number of nitrogens with zero attached hydrogens (tertiary/aromatic N) is 2. The molecule has 1 aromatic heterocycles. The Morgan fingerprint density at radius 3 is 2.45 bits per heavy atom. The van der Waals surface area contributed by atoms with Crippen molar-refractivity contribution in [3.05, 3.63) is 71.7 Å². The fraction of sp³-hybridized carbons (Fsp3) is 0.400. The summed E-state index contributed by atoms with van der Waals surface area (Å²) in [7, 11) is 1.54. The molecular formula is C30H36FN5O4. The fourth-order valence-corrected chi connectivity index (χ4v) is 5.40. The van der Waals surface area contributed by atoms with Gasteiger partial charge in [0.25, 0.3) is 0 Å². The molecule has 9 nitrogen and oxygen atoms in total. The van der Waals surface area contributed by atoms with Crippen molar-refractivity contribution < 1.29 is 23.6 Å². The summed E-state index contributed by atoms with van der Waals surface area (Å²) in [4.78, 5) is 59.1. The van der Waals surface area contributed by atoms with E-state index in [-0.39, 0.29) is 43.1 Å². The Hall–Kier alpha value is -4.21. The number of aromatic nitrogens is 1. The van der Waals surface area contributed by atoms with E-state index in [0.29, 0.717) is 24.8 Å². The smallest absolute Gasteiger partial charge is 0.246 e. The van der Waals surface area contributed by atoms with Crippen LogP contribution in [-0.4, -0.2) is 76.7 Å². The number of carbonyl (C=O) groups excluding carboxylic acids is 4. The third-order valence-electron chi connectivity index (χ3n) is 7.32. The standard InChI is InChI=1S/C30H36FN5O4/c1-4-7-26-30(40)36(27(28(38)32-3)18-23-17-21-8-5-6-9-24(21)34-23)15-14-35(26)29(39)25(33-19(2)37)16-20-10-12-22(31)13-11-20/h5-6,8-13,17,25-27,34H,4,7,14-16,18H2,1-3H3,(H,32,38)(H,33,37). The van der Waals surface area contributed by atoms with Crippen molar-refractivity contribution in [2.75, 3.05) is 20.1 Å². The van der Waals surface area contributed by atoms with Crippen molar-refractivity contribution in [1.82, 2.24) is 25.4 Å². The van der Waals surface area contributed by atoms with Gasteiger partial charge in [-0.1, -0.05) is 43.7 Å². The molecule has 0 spiro atoms. The molecule has 0 saturated carbocycles. The van der Waals surface area contributed by atoms with Crippen molar-refractivity contribution in [3.8, 4) is 0 Å². The van der Waals surface area contributed by atoms with E-state index in [1.807, 2.05) is 37.3 Å². The van der Waals surface area contributed by atoms with Crippen LogP contribution >= 0.6 is 0 Å². The largest absolute Gasteiger partial charge is 0.358 e. The highest BCUT2D eigenvalue weighted by molar-refractivity contribution is 5.95. The minimum Gasteiger partial charge on any atom is -0.358 e. The second-order valence-corrected chi connectivity index (χ2v) is 10.2. The van der Waals surface area contributed by atoms with E-state index >= 15 is 0 Å². The summed E-state index contributed by atoms with van der Waals surface area (Å²) < 4.78 is 13.4. The zero-order chi connectivity index (χ0) is 28.8. The molecule has 1 fully saturated rings. The molecule has 1 aliphatic heterocycles. The average Bonchev–Trinajstić information content (AvgIpc) is 3.35. The summed E-state index contributed by atoms with van der Waals surface area (Å²) in [6.45, 7) is 3.65. The van der Waals surface area contributed by atoms with Crippen molar-refractivity contribution in [3.63, 3.8) is 0 Å². The summed E-state index contributed by atoms with van der Waals surface area (Å²) in [6, 6.07) is 13.1. The number of benzene rings is 2. The SMILES string of the molecule is CCCC1C(=O)N(C(Cc2cc3ccccc3[nH]2)C(=O)NC)CCN1C(=O)C(Cc1ccc(F)cc1)NC(C)=O. The molecule has 1 saturated heterocycles. The van der Waals surface area contributed by atoms with Crippen LogP contribution in [0.5, 0.6) is 0 Å². The first-order valence-electron chi connectivity index (χ1n) is 13.6. The molecule has 3 aromatic rings. The topological polar surface area (TPSA) is 115 Å². The van der Waals surface area contributed by atoms with Crippen LogP contribution in [0.1, 0.15) is 37.9 Å². The quantitative estimate of drug-likeness (QED) is 0.361. The van der Waals surface area contributed by atoms with Crippen molar-refractivity contribution in [1.29, 1.82) is 0 Å². The Labute approximate surface area is 233 Å². The monoisotopic (exact) mass is 549 g/mol. The third-order valence-corrected chi connectivity index (χ3v) is 7.32. The minimum atomic E-state index is -0.914. The minimum absolute atomic E-state index is 0.160. The number of hydrogen-bond donors (Lipinski definition) is 3. The Kier molecular flexibility index (Phi) is 9.19. The summed E-state index contributed by atoms with van der Waals surface area (Å²) in [5, 5.41) is 6.41. The molecular weight excluding hydrogens is 513 g/mol. The Balaban J connectivity index is 1.57. The number of H-pyrrole nitrogens is 1. The van der Waals surface area contributed by atoms with Crippen molar-refractivity contribution in [2.24, 2.45) is 0 Å². The Morgan fingerprint density at radius 2 is 1.80 bits per heavy atom. The van der Waals surface area contributed by atoms with Gasteiger partial charge in [0.1, 0.15) is 23.9 Å². The average molecular weight is 550 g/mol. The van der Waals surface area contributed by atoms with Crippen LogP contribution in [0.25, 0.3) is 10.9 Å². The van der Waals surface area contributed by atoms with Crippen LogP contribution in [-0.2, 0) is 32.0 Å². The van der Waals surface area contributed by atoms with Crippen LogP contribution in [0.15, 0.2) is 54.6 Å². The first kappa shape index (κ1) is 28.8. The number of carbonyl (C=O) groups is 4. The molecule has 3 N–H and O–H groups in total. The molecule has 1 aliphatic rings. The lowest BCUT2D eigenvalue weighted by molar-refractivity contribution is -0.157. The van der Waals surface area contributed by atoms with E-state index in [1.54, 1.807) is 24.1 Å². The van der Waals surface area contributed by atoms with Gasteiger partial charge < -0.3 is 25.4 Å². The molecule has 0 bridgehead atoms. The maximum Gasteiger partial charge on any atom is 0.246 e. The van der Waals surface area contributed by atoms with E-state index < -0.39 is 23.9 Å². The predicted molar refractivity (Wildman–Crippen MR) is 150 cm³/mol. The van der Waals surface area contributed by atoms with Gasteiger partial charge >= 0.3 is 0 Å². The highest BCUT2D eigenvalue weighted by Gasteiger charge is 2.43. The van der Waals surface area contributed by atoms with Gasteiger partial charge in [0, 0.05) is 51.1 Å². The van der Waals surface area contributed by atoms with Gasteiger partial charge in [-0.05, 0) is 41.6 Å². The maximum absolute atomic E-state index is 13.9. The first-order chi connectivity index (χ1) is 19.2. The fourth-order valence-electron chi connectivity index (χ4n) is 5.40. The van der Waals surface area contributed by atoms with E-state index in [2.05, 4.69) is 15.6 Å². The van der Waals surface area contributed by atoms with Gasteiger partial charge in [0.2, 0.25) is 23.6 Å². The molecule has 4 rings (SSSR count). The van der Waals surface area contributed by atoms with E-state index in [0.717, 1.165) is 16.6 Å². The maximum atomic E-state index is 13.9. The molecule has 0 radical (unpaired) electrons. The van der Waals surface area contributed by atoms with Gasteiger partial charge in [0.15, 0.2) is 0 Å². The number of halogens is 1. The normalized spacial score (nSPS) is 17.0. The number of nitrogens with one attached hydrogen (secondary N) is 3.